The molecule has 3 aliphatic heterocycles. The second-order valence-electron chi connectivity index (χ2n) is 6.40. The standard InChI is InChI=1S/C17H17NO4/c1-10-2-4-11(5-3-10)8-18-9-17-7-6-12(22-17)13(16(20)21)14(17)15(18)19/h2-7,12-14H,8-9H2,1H3,(H,20,21)/p-1/t12-,13-,14-,17+/m1/s1. The third-order valence-corrected chi connectivity index (χ3v) is 4.94. The Balaban J connectivity index is 1.61. The van der Waals surface area contributed by atoms with Gasteiger partial charge in [0.25, 0.3) is 0 Å². The summed E-state index contributed by atoms with van der Waals surface area (Å²) in [6.07, 6.45) is 3.08. The first-order chi connectivity index (χ1) is 10.5. The van der Waals surface area contributed by atoms with Crippen LogP contribution in [0.5, 0.6) is 0 Å². The normalized spacial score (nSPS) is 35.2. The van der Waals surface area contributed by atoms with Crippen LogP contribution in [0, 0.1) is 18.8 Å². The van der Waals surface area contributed by atoms with E-state index in [4.69, 9.17) is 4.74 Å². The summed E-state index contributed by atoms with van der Waals surface area (Å²) in [6.45, 7) is 2.88. The topological polar surface area (TPSA) is 69.7 Å². The number of amides is 1. The van der Waals surface area contributed by atoms with Gasteiger partial charge in [0.15, 0.2) is 0 Å². The Morgan fingerprint density at radius 2 is 2.14 bits per heavy atom. The second-order valence-corrected chi connectivity index (χ2v) is 6.40. The van der Waals surface area contributed by atoms with Crippen LogP contribution < -0.4 is 5.11 Å². The summed E-state index contributed by atoms with van der Waals surface area (Å²) in [6, 6.07) is 7.97. The molecule has 1 aromatic rings. The van der Waals surface area contributed by atoms with Crippen LogP contribution in [0.4, 0.5) is 0 Å². The number of carbonyl (C=O) groups excluding carboxylic acids is 2. The maximum absolute atomic E-state index is 12.7. The number of ether oxygens (including phenoxy) is 1. The average molecular weight is 298 g/mol. The van der Waals surface area contributed by atoms with E-state index in [0.717, 1.165) is 11.1 Å². The molecule has 0 saturated carbocycles. The van der Waals surface area contributed by atoms with E-state index < -0.39 is 29.5 Å². The zero-order valence-electron chi connectivity index (χ0n) is 12.2. The van der Waals surface area contributed by atoms with Crippen LogP contribution in [0.3, 0.4) is 0 Å². The van der Waals surface area contributed by atoms with E-state index in [-0.39, 0.29) is 5.91 Å². The van der Waals surface area contributed by atoms with E-state index in [9.17, 15) is 14.7 Å². The van der Waals surface area contributed by atoms with Crippen LogP contribution in [-0.2, 0) is 20.9 Å². The first-order valence-corrected chi connectivity index (χ1v) is 7.42. The molecule has 2 fully saturated rings. The number of likely N-dealkylation sites (tertiary alicyclic amines) is 1. The van der Waals surface area contributed by atoms with Gasteiger partial charge in [-0.05, 0) is 12.5 Å². The summed E-state index contributed by atoms with van der Waals surface area (Å²) in [5, 5.41) is 11.4. The highest BCUT2D eigenvalue weighted by atomic mass is 16.5. The Labute approximate surface area is 128 Å². The Kier molecular flexibility index (Phi) is 2.72. The highest BCUT2D eigenvalue weighted by Gasteiger charge is 2.65. The van der Waals surface area contributed by atoms with E-state index in [2.05, 4.69) is 0 Å². The molecule has 0 radical (unpaired) electrons. The quantitative estimate of drug-likeness (QED) is 0.738. The van der Waals surface area contributed by atoms with E-state index in [1.54, 1.807) is 11.0 Å². The zero-order valence-corrected chi connectivity index (χ0v) is 12.2. The van der Waals surface area contributed by atoms with Crippen LogP contribution in [-0.4, -0.2) is 35.0 Å². The summed E-state index contributed by atoms with van der Waals surface area (Å²) in [5.74, 6) is -2.88. The van der Waals surface area contributed by atoms with Crippen LogP contribution in [0.2, 0.25) is 0 Å². The molecule has 22 heavy (non-hydrogen) atoms. The van der Waals surface area contributed by atoms with Crippen molar-refractivity contribution in [2.24, 2.45) is 11.8 Å². The number of aryl methyl sites for hydroxylation is 1. The number of benzene rings is 1. The Morgan fingerprint density at radius 3 is 2.82 bits per heavy atom. The number of hydrogen-bond acceptors (Lipinski definition) is 4. The molecule has 0 N–H and O–H groups in total. The maximum Gasteiger partial charge on any atom is 0.230 e. The molecule has 5 nitrogen and oxygen atoms in total. The van der Waals surface area contributed by atoms with Gasteiger partial charge in [-0.25, -0.2) is 0 Å². The molecule has 3 heterocycles. The van der Waals surface area contributed by atoms with Gasteiger partial charge in [0.1, 0.15) is 5.60 Å². The number of carbonyl (C=O) groups is 2. The molecule has 0 aromatic heterocycles. The monoisotopic (exact) mass is 298 g/mol. The van der Waals surface area contributed by atoms with Gasteiger partial charge in [0.05, 0.1) is 18.6 Å². The van der Waals surface area contributed by atoms with Crippen molar-refractivity contribution in [3.05, 3.63) is 47.5 Å². The van der Waals surface area contributed by atoms with Crippen molar-refractivity contribution in [1.29, 1.82) is 0 Å². The number of fused-ring (bicyclic) bond motifs is 1. The average Bonchev–Trinajstić information content (AvgIpc) is 3.10. The minimum atomic E-state index is -1.20. The third kappa shape index (κ3) is 1.75. The van der Waals surface area contributed by atoms with Gasteiger partial charge < -0.3 is 19.5 Å². The van der Waals surface area contributed by atoms with Crippen molar-refractivity contribution in [2.75, 3.05) is 6.54 Å². The predicted octanol–water partition coefficient (Wildman–Crippen LogP) is 0.0269. The minimum absolute atomic E-state index is 0.151. The van der Waals surface area contributed by atoms with E-state index in [1.807, 2.05) is 37.3 Å². The molecule has 5 heteroatoms. The molecule has 114 valence electrons. The Bertz CT molecular complexity index is 680. The zero-order chi connectivity index (χ0) is 15.5. The number of rotatable bonds is 3. The maximum atomic E-state index is 12.7. The third-order valence-electron chi connectivity index (χ3n) is 4.94. The van der Waals surface area contributed by atoms with Gasteiger partial charge >= 0.3 is 0 Å². The highest BCUT2D eigenvalue weighted by molar-refractivity contribution is 5.90. The molecule has 2 bridgehead atoms. The van der Waals surface area contributed by atoms with Crippen LogP contribution in [0.1, 0.15) is 11.1 Å². The summed E-state index contributed by atoms with van der Waals surface area (Å²) in [4.78, 5) is 25.8. The molecule has 0 unspecified atom stereocenters. The number of carboxylic acids is 1. The number of hydrogen-bond donors (Lipinski definition) is 0. The highest BCUT2D eigenvalue weighted by Crippen LogP contribution is 2.51. The minimum Gasteiger partial charge on any atom is -0.550 e. The summed E-state index contributed by atoms with van der Waals surface area (Å²) < 4.78 is 5.82. The predicted molar refractivity (Wildman–Crippen MR) is 75.3 cm³/mol. The van der Waals surface area contributed by atoms with Crippen LogP contribution in [0.25, 0.3) is 0 Å². The first-order valence-electron chi connectivity index (χ1n) is 7.42. The van der Waals surface area contributed by atoms with Gasteiger partial charge in [-0.1, -0.05) is 42.0 Å². The fourth-order valence-electron chi connectivity index (χ4n) is 3.90. The molecule has 1 aromatic carbocycles. The van der Waals surface area contributed by atoms with Crippen molar-refractivity contribution < 1.29 is 19.4 Å². The second kappa shape index (κ2) is 4.43. The molecular formula is C17H16NO4-. The number of carboxylic acid groups (broad SMARTS) is 1. The van der Waals surface area contributed by atoms with E-state index in [0.29, 0.717) is 13.1 Å². The molecule has 3 aliphatic rings. The molecule has 1 spiro atoms. The smallest absolute Gasteiger partial charge is 0.230 e. The number of aliphatic carboxylic acids is 1. The molecule has 4 rings (SSSR count). The Morgan fingerprint density at radius 1 is 1.41 bits per heavy atom. The van der Waals surface area contributed by atoms with Crippen molar-refractivity contribution in [1.82, 2.24) is 4.90 Å². The van der Waals surface area contributed by atoms with Crippen LogP contribution >= 0.6 is 0 Å². The lowest BCUT2D eigenvalue weighted by Gasteiger charge is -2.24. The summed E-state index contributed by atoms with van der Waals surface area (Å²) in [5.41, 5.74) is 1.41. The summed E-state index contributed by atoms with van der Waals surface area (Å²) >= 11 is 0. The lowest BCUT2D eigenvalue weighted by Crippen LogP contribution is -2.45. The fraction of sp³-hybridized carbons (Fsp3) is 0.412. The lowest BCUT2D eigenvalue weighted by atomic mass is 9.77. The van der Waals surface area contributed by atoms with Gasteiger partial charge in [-0.2, -0.15) is 0 Å². The largest absolute Gasteiger partial charge is 0.550 e. The van der Waals surface area contributed by atoms with Crippen molar-refractivity contribution in [3.63, 3.8) is 0 Å². The van der Waals surface area contributed by atoms with E-state index in [1.165, 1.54) is 0 Å². The van der Waals surface area contributed by atoms with Gasteiger partial charge in [0.2, 0.25) is 5.91 Å². The first kappa shape index (κ1) is 13.5. The van der Waals surface area contributed by atoms with Gasteiger partial charge in [0, 0.05) is 18.4 Å². The molecular weight excluding hydrogens is 282 g/mol. The van der Waals surface area contributed by atoms with Crippen molar-refractivity contribution in [3.8, 4) is 0 Å². The molecule has 1 amide bonds. The fourth-order valence-corrected chi connectivity index (χ4v) is 3.90. The Hall–Kier alpha value is -2.14. The molecule has 4 atom stereocenters. The SMILES string of the molecule is Cc1ccc(CN2C[C@]34C=C[C@@H](O3)[C@@H](C(=O)[O-])[C@@H]4C2=O)cc1. The summed E-state index contributed by atoms with van der Waals surface area (Å²) in [7, 11) is 0. The van der Waals surface area contributed by atoms with Gasteiger partial charge in [-0.3, -0.25) is 4.79 Å². The van der Waals surface area contributed by atoms with Gasteiger partial charge in [-0.15, -0.1) is 0 Å². The van der Waals surface area contributed by atoms with Crippen molar-refractivity contribution in [2.45, 2.75) is 25.2 Å². The molecule has 0 aliphatic carbocycles. The van der Waals surface area contributed by atoms with Crippen LogP contribution in [0.15, 0.2) is 36.4 Å². The lowest BCUT2D eigenvalue weighted by molar-refractivity contribution is -0.313. The van der Waals surface area contributed by atoms with E-state index >= 15 is 0 Å². The van der Waals surface area contributed by atoms with Crippen molar-refractivity contribution >= 4 is 11.9 Å². The molecule has 2 saturated heterocycles. The number of nitrogens with zero attached hydrogens (tertiary/aromatic N) is 1.